The fraction of sp³-hybridized carbons (Fsp3) is 0.367. The predicted octanol–water partition coefficient (Wildman–Crippen LogP) is 5.05. The summed E-state index contributed by atoms with van der Waals surface area (Å²) in [7, 11) is 2.07. The van der Waals surface area contributed by atoms with Crippen LogP contribution in [0.15, 0.2) is 60.7 Å². The van der Waals surface area contributed by atoms with Crippen LogP contribution >= 0.6 is 0 Å². The van der Waals surface area contributed by atoms with Gasteiger partial charge in [0.1, 0.15) is 5.82 Å². The molecule has 0 aromatic heterocycles. The van der Waals surface area contributed by atoms with Crippen LogP contribution in [0.4, 0.5) is 4.39 Å². The number of amides is 1. The molecule has 190 valence electrons. The van der Waals surface area contributed by atoms with Crippen LogP contribution in [0.3, 0.4) is 0 Å². The van der Waals surface area contributed by atoms with Gasteiger partial charge in [-0.1, -0.05) is 48.5 Å². The SMILES string of the molecule is CCOCCCN(C)Cc1ccc2c(c1)[C@@H](NC(=O)c1ccc(-c3ccccc3C)cc1F)[C@H](O)C2. The van der Waals surface area contributed by atoms with Crippen molar-refractivity contribution in [3.05, 3.63) is 94.3 Å². The van der Waals surface area contributed by atoms with Crippen molar-refractivity contribution in [2.75, 3.05) is 26.8 Å². The number of ether oxygens (including phenoxy) is 1. The van der Waals surface area contributed by atoms with Crippen molar-refractivity contribution in [2.45, 2.75) is 45.4 Å². The molecule has 2 atom stereocenters. The number of nitrogens with one attached hydrogen (secondary N) is 1. The molecule has 0 aliphatic heterocycles. The average Bonchev–Trinajstić information content (AvgIpc) is 3.16. The first-order chi connectivity index (χ1) is 17.4. The van der Waals surface area contributed by atoms with Crippen LogP contribution in [0.2, 0.25) is 0 Å². The number of halogens is 1. The first kappa shape index (κ1) is 26.0. The fourth-order valence-electron chi connectivity index (χ4n) is 4.90. The number of nitrogens with zero attached hydrogens (tertiary/aromatic N) is 1. The fourth-order valence-corrected chi connectivity index (χ4v) is 4.90. The number of carbonyl (C=O) groups excluding carboxylic acids is 1. The van der Waals surface area contributed by atoms with Gasteiger partial charge in [0.25, 0.3) is 5.91 Å². The highest BCUT2D eigenvalue weighted by atomic mass is 19.1. The summed E-state index contributed by atoms with van der Waals surface area (Å²) in [6.07, 6.45) is 0.665. The molecule has 3 aromatic rings. The number of aryl methyl sites for hydroxylation is 1. The number of aliphatic hydroxyl groups excluding tert-OH is 1. The van der Waals surface area contributed by atoms with Gasteiger partial charge in [0.05, 0.1) is 17.7 Å². The topological polar surface area (TPSA) is 61.8 Å². The van der Waals surface area contributed by atoms with Crippen LogP contribution in [-0.4, -0.2) is 48.8 Å². The molecule has 0 heterocycles. The van der Waals surface area contributed by atoms with E-state index in [1.807, 2.05) is 50.2 Å². The third kappa shape index (κ3) is 6.01. The van der Waals surface area contributed by atoms with Crippen LogP contribution in [0.1, 0.15) is 52.0 Å². The standard InChI is InChI=1S/C30H35FN2O3/c1-4-36-15-7-14-33(3)19-21-10-11-23-18-28(34)29(26(23)16-21)32-30(35)25-13-12-22(17-27(25)31)24-9-6-5-8-20(24)2/h5-6,8-13,16-17,28-29,34H,4,7,14-15,18-19H2,1-3H3,(H,32,35)/t28-,29-/m1/s1. The molecule has 4 rings (SSSR count). The molecule has 2 N–H and O–H groups in total. The molecule has 0 radical (unpaired) electrons. The number of rotatable bonds is 10. The number of fused-ring (bicyclic) bond motifs is 1. The summed E-state index contributed by atoms with van der Waals surface area (Å²) in [6, 6.07) is 18.0. The van der Waals surface area contributed by atoms with E-state index in [-0.39, 0.29) is 5.56 Å². The monoisotopic (exact) mass is 490 g/mol. The highest BCUT2D eigenvalue weighted by Gasteiger charge is 2.33. The number of benzene rings is 3. The van der Waals surface area contributed by atoms with Gasteiger partial charge in [-0.2, -0.15) is 0 Å². The summed E-state index contributed by atoms with van der Waals surface area (Å²) < 4.78 is 20.4. The molecule has 0 fully saturated rings. The molecule has 1 amide bonds. The van der Waals surface area contributed by atoms with E-state index >= 15 is 4.39 Å². The lowest BCUT2D eigenvalue weighted by molar-refractivity contribution is 0.0854. The van der Waals surface area contributed by atoms with Gasteiger partial charge >= 0.3 is 0 Å². The van der Waals surface area contributed by atoms with E-state index in [0.29, 0.717) is 6.42 Å². The van der Waals surface area contributed by atoms with Gasteiger partial charge in [-0.25, -0.2) is 4.39 Å². The van der Waals surface area contributed by atoms with Crippen LogP contribution in [0.25, 0.3) is 11.1 Å². The Hall–Kier alpha value is -3.06. The minimum atomic E-state index is -0.752. The summed E-state index contributed by atoms with van der Waals surface area (Å²) >= 11 is 0. The highest BCUT2D eigenvalue weighted by Crippen LogP contribution is 2.33. The third-order valence-corrected chi connectivity index (χ3v) is 6.80. The van der Waals surface area contributed by atoms with Gasteiger partial charge in [-0.3, -0.25) is 4.79 Å². The number of hydrogen-bond acceptors (Lipinski definition) is 4. The maximum Gasteiger partial charge on any atom is 0.254 e. The number of aliphatic hydroxyl groups is 1. The van der Waals surface area contributed by atoms with Crippen LogP contribution in [0, 0.1) is 12.7 Å². The van der Waals surface area contributed by atoms with Gasteiger partial charge in [0, 0.05) is 32.7 Å². The Morgan fingerprint density at radius 2 is 1.97 bits per heavy atom. The van der Waals surface area contributed by atoms with Crippen LogP contribution in [-0.2, 0) is 17.7 Å². The van der Waals surface area contributed by atoms with Gasteiger partial charge in [-0.15, -0.1) is 0 Å². The molecule has 36 heavy (non-hydrogen) atoms. The van der Waals surface area contributed by atoms with E-state index < -0.39 is 23.9 Å². The molecule has 0 saturated heterocycles. The lowest BCUT2D eigenvalue weighted by Crippen LogP contribution is -2.34. The minimum Gasteiger partial charge on any atom is -0.390 e. The lowest BCUT2D eigenvalue weighted by Gasteiger charge is -2.20. The van der Waals surface area contributed by atoms with Gasteiger partial charge in [0.15, 0.2) is 0 Å². The van der Waals surface area contributed by atoms with Crippen LogP contribution in [0.5, 0.6) is 0 Å². The molecule has 0 bridgehead atoms. The Bertz CT molecular complexity index is 1210. The van der Waals surface area contributed by atoms with E-state index in [9.17, 15) is 9.90 Å². The third-order valence-electron chi connectivity index (χ3n) is 6.80. The molecule has 5 nitrogen and oxygen atoms in total. The zero-order valence-electron chi connectivity index (χ0n) is 21.3. The van der Waals surface area contributed by atoms with E-state index in [0.717, 1.165) is 66.1 Å². The van der Waals surface area contributed by atoms with Crippen molar-refractivity contribution in [3.63, 3.8) is 0 Å². The molecule has 0 saturated carbocycles. The van der Waals surface area contributed by atoms with Gasteiger partial charge in [-0.05, 0) is 72.8 Å². The molecule has 0 spiro atoms. The Labute approximate surface area is 212 Å². The number of carbonyl (C=O) groups is 1. The van der Waals surface area contributed by atoms with Crippen molar-refractivity contribution in [3.8, 4) is 11.1 Å². The summed E-state index contributed by atoms with van der Waals surface area (Å²) in [5.41, 5.74) is 5.67. The molecular weight excluding hydrogens is 455 g/mol. The summed E-state index contributed by atoms with van der Waals surface area (Å²) in [4.78, 5) is 15.3. The molecule has 1 aliphatic carbocycles. The van der Waals surface area contributed by atoms with Gasteiger partial charge in [0.2, 0.25) is 0 Å². The second-order valence-corrected chi connectivity index (χ2v) is 9.55. The summed E-state index contributed by atoms with van der Waals surface area (Å²) in [6.45, 7) is 7.11. The van der Waals surface area contributed by atoms with Crippen molar-refractivity contribution >= 4 is 5.91 Å². The smallest absolute Gasteiger partial charge is 0.254 e. The maximum atomic E-state index is 15.0. The Kier molecular flexibility index (Phi) is 8.52. The van der Waals surface area contributed by atoms with E-state index in [1.165, 1.54) is 12.1 Å². The highest BCUT2D eigenvalue weighted by molar-refractivity contribution is 5.95. The number of hydrogen-bond donors (Lipinski definition) is 2. The Balaban J connectivity index is 1.46. The molecule has 3 aromatic carbocycles. The first-order valence-electron chi connectivity index (χ1n) is 12.6. The zero-order valence-corrected chi connectivity index (χ0v) is 21.3. The summed E-state index contributed by atoms with van der Waals surface area (Å²) in [5, 5.41) is 13.6. The Morgan fingerprint density at radius 1 is 1.17 bits per heavy atom. The molecule has 6 heteroatoms. The molecule has 0 unspecified atom stereocenters. The second kappa shape index (κ2) is 11.8. The largest absolute Gasteiger partial charge is 0.390 e. The zero-order chi connectivity index (χ0) is 25.7. The lowest BCUT2D eigenvalue weighted by atomic mass is 9.99. The van der Waals surface area contributed by atoms with E-state index in [1.54, 1.807) is 6.07 Å². The van der Waals surface area contributed by atoms with Crippen molar-refractivity contribution < 1.29 is 19.0 Å². The minimum absolute atomic E-state index is 0.0295. The second-order valence-electron chi connectivity index (χ2n) is 9.55. The van der Waals surface area contributed by atoms with Gasteiger partial charge < -0.3 is 20.1 Å². The quantitative estimate of drug-likeness (QED) is 0.391. The predicted molar refractivity (Wildman–Crippen MR) is 140 cm³/mol. The van der Waals surface area contributed by atoms with E-state index in [2.05, 4.69) is 23.3 Å². The first-order valence-corrected chi connectivity index (χ1v) is 12.6. The van der Waals surface area contributed by atoms with E-state index in [4.69, 9.17) is 4.74 Å². The normalized spacial score (nSPS) is 16.8. The van der Waals surface area contributed by atoms with Crippen LogP contribution < -0.4 is 5.32 Å². The average molecular weight is 491 g/mol. The Morgan fingerprint density at radius 3 is 2.72 bits per heavy atom. The molecular formula is C30H35FN2O3. The molecule has 1 aliphatic rings. The van der Waals surface area contributed by atoms with Crippen molar-refractivity contribution in [1.82, 2.24) is 10.2 Å². The summed E-state index contributed by atoms with van der Waals surface area (Å²) in [5.74, 6) is -1.11. The maximum absolute atomic E-state index is 15.0. The van der Waals surface area contributed by atoms with Crippen molar-refractivity contribution in [2.24, 2.45) is 0 Å². The van der Waals surface area contributed by atoms with Crippen molar-refractivity contribution in [1.29, 1.82) is 0 Å².